The second-order valence-electron chi connectivity index (χ2n) is 5.67. The molecule has 22 heavy (non-hydrogen) atoms. The fourth-order valence-corrected chi connectivity index (χ4v) is 5.58. The maximum absolute atomic E-state index is 11.7. The molecule has 1 aromatic rings. The third-order valence-electron chi connectivity index (χ3n) is 4.07. The average Bonchev–Trinajstić information content (AvgIpc) is 2.96. The Labute approximate surface area is 132 Å². The second-order valence-corrected chi connectivity index (χ2v) is 9.03. The second kappa shape index (κ2) is 5.04. The van der Waals surface area contributed by atoms with Gasteiger partial charge in [0.15, 0.2) is 9.84 Å². The summed E-state index contributed by atoms with van der Waals surface area (Å²) in [5, 5.41) is 29.0. The molecule has 3 rings (SSSR count). The van der Waals surface area contributed by atoms with Crippen molar-refractivity contribution in [2.45, 2.75) is 26.0 Å². The summed E-state index contributed by atoms with van der Waals surface area (Å²) in [7, 11) is -3.31. The summed E-state index contributed by atoms with van der Waals surface area (Å²) in [5.74, 6) is -0.484. The van der Waals surface area contributed by atoms with E-state index in [4.69, 9.17) is 5.41 Å². The molecule has 2 aliphatic rings. The van der Waals surface area contributed by atoms with E-state index >= 15 is 0 Å². The van der Waals surface area contributed by atoms with Gasteiger partial charge in [0.1, 0.15) is 16.6 Å². The van der Waals surface area contributed by atoms with Crippen molar-refractivity contribution in [1.29, 1.82) is 5.41 Å². The molecular formula is C13H17N3O4S2. The zero-order chi connectivity index (χ0) is 16.2. The summed E-state index contributed by atoms with van der Waals surface area (Å²) >= 11 is 1.39. The summed E-state index contributed by atoms with van der Waals surface area (Å²) in [6.45, 7) is 3.80. The van der Waals surface area contributed by atoms with Gasteiger partial charge in [-0.3, -0.25) is 5.41 Å². The van der Waals surface area contributed by atoms with Gasteiger partial charge in [-0.2, -0.15) is 0 Å². The Kier molecular flexibility index (Phi) is 3.54. The van der Waals surface area contributed by atoms with Crippen molar-refractivity contribution in [3.63, 3.8) is 0 Å². The zero-order valence-electron chi connectivity index (χ0n) is 12.2. The first-order valence-electron chi connectivity index (χ1n) is 6.80. The van der Waals surface area contributed by atoms with Crippen molar-refractivity contribution in [3.05, 3.63) is 21.3 Å². The van der Waals surface area contributed by atoms with Crippen molar-refractivity contribution >= 4 is 32.6 Å². The topological polar surface area (TPSA) is 115 Å². The molecule has 0 saturated carbocycles. The van der Waals surface area contributed by atoms with Gasteiger partial charge in [0.05, 0.1) is 41.5 Å². The Balaban J connectivity index is 1.90. The molecule has 2 unspecified atom stereocenters. The first-order valence-corrected chi connectivity index (χ1v) is 9.44. The number of aliphatic hydroxyl groups is 2. The van der Waals surface area contributed by atoms with Crippen LogP contribution in [0.25, 0.3) is 5.57 Å². The van der Waals surface area contributed by atoms with Crippen LogP contribution in [0, 0.1) is 19.3 Å². The standard InChI is InChI=1S/C13H17N3O4S2/c1-6-7(2)21-13(15-6)11-9(17)3-16(12(11)14)8-4-22(19,20)5-10(8)18/h8,10,14,17-18H,3-5H2,1-2H3. The van der Waals surface area contributed by atoms with Crippen LogP contribution in [0.2, 0.25) is 0 Å². The Hall–Kier alpha value is -1.45. The van der Waals surface area contributed by atoms with E-state index in [1.165, 1.54) is 16.2 Å². The monoisotopic (exact) mass is 343 g/mol. The van der Waals surface area contributed by atoms with Crippen LogP contribution in [0.1, 0.15) is 15.6 Å². The number of aryl methyl sites for hydroxylation is 2. The van der Waals surface area contributed by atoms with Crippen molar-refractivity contribution in [3.8, 4) is 0 Å². The van der Waals surface area contributed by atoms with Gasteiger partial charge < -0.3 is 15.1 Å². The molecule has 120 valence electrons. The number of aromatic nitrogens is 1. The molecule has 0 amide bonds. The average molecular weight is 343 g/mol. The number of nitrogens with zero attached hydrogens (tertiary/aromatic N) is 2. The molecule has 7 nitrogen and oxygen atoms in total. The summed E-state index contributed by atoms with van der Waals surface area (Å²) in [4.78, 5) is 6.81. The molecule has 3 heterocycles. The lowest BCUT2D eigenvalue weighted by Crippen LogP contribution is -2.44. The maximum Gasteiger partial charge on any atom is 0.155 e. The Bertz CT molecular complexity index is 762. The quantitative estimate of drug-likeness (QED) is 0.719. The van der Waals surface area contributed by atoms with E-state index in [9.17, 15) is 18.6 Å². The van der Waals surface area contributed by atoms with E-state index in [-0.39, 0.29) is 29.6 Å². The van der Waals surface area contributed by atoms with Gasteiger partial charge in [-0.15, -0.1) is 11.3 Å². The Morgan fingerprint density at radius 3 is 2.55 bits per heavy atom. The minimum absolute atomic E-state index is 0.00440. The van der Waals surface area contributed by atoms with Crippen LogP contribution in [-0.4, -0.2) is 64.5 Å². The van der Waals surface area contributed by atoms with Crippen LogP contribution in [0.3, 0.4) is 0 Å². The van der Waals surface area contributed by atoms with Crippen LogP contribution >= 0.6 is 11.3 Å². The highest BCUT2D eigenvalue weighted by Crippen LogP contribution is 2.34. The SMILES string of the molecule is Cc1nc(C2=C(O)CN(C3CS(=O)(=O)CC3O)C2=N)sc1C. The van der Waals surface area contributed by atoms with E-state index in [1.54, 1.807) is 0 Å². The van der Waals surface area contributed by atoms with Crippen LogP contribution < -0.4 is 0 Å². The van der Waals surface area contributed by atoms with Gasteiger partial charge in [-0.1, -0.05) is 0 Å². The highest BCUT2D eigenvalue weighted by molar-refractivity contribution is 7.91. The molecule has 1 fully saturated rings. The number of aliphatic hydroxyl groups excluding tert-OH is 2. The summed E-state index contributed by atoms with van der Waals surface area (Å²) in [6, 6.07) is -0.695. The van der Waals surface area contributed by atoms with Crippen molar-refractivity contribution < 1.29 is 18.6 Å². The molecule has 0 spiro atoms. The van der Waals surface area contributed by atoms with E-state index in [0.717, 1.165) is 10.6 Å². The summed E-state index contributed by atoms with van der Waals surface area (Å²) in [6.07, 6.45) is -1.04. The van der Waals surface area contributed by atoms with Gasteiger partial charge in [-0.25, -0.2) is 13.4 Å². The lowest BCUT2D eigenvalue weighted by molar-refractivity contribution is 0.124. The fraction of sp³-hybridized carbons (Fsp3) is 0.538. The number of nitrogens with one attached hydrogen (secondary N) is 1. The number of hydrogen-bond acceptors (Lipinski definition) is 7. The first-order chi connectivity index (χ1) is 10.2. The Morgan fingerprint density at radius 2 is 2.05 bits per heavy atom. The number of thiazole rings is 1. The van der Waals surface area contributed by atoms with Gasteiger partial charge in [-0.05, 0) is 13.8 Å². The smallest absolute Gasteiger partial charge is 0.155 e. The number of hydrogen-bond donors (Lipinski definition) is 3. The summed E-state index contributed by atoms with van der Waals surface area (Å²) < 4.78 is 23.3. The molecular weight excluding hydrogens is 326 g/mol. The van der Waals surface area contributed by atoms with E-state index in [0.29, 0.717) is 10.6 Å². The largest absolute Gasteiger partial charge is 0.510 e. The molecule has 1 aromatic heterocycles. The third kappa shape index (κ3) is 2.42. The lowest BCUT2D eigenvalue weighted by Gasteiger charge is -2.27. The highest BCUT2D eigenvalue weighted by atomic mass is 32.2. The zero-order valence-corrected chi connectivity index (χ0v) is 13.8. The molecule has 0 aliphatic carbocycles. The minimum atomic E-state index is -3.31. The molecule has 2 aliphatic heterocycles. The minimum Gasteiger partial charge on any atom is -0.510 e. The van der Waals surface area contributed by atoms with Gasteiger partial charge >= 0.3 is 0 Å². The van der Waals surface area contributed by atoms with Crippen LogP contribution in [0.15, 0.2) is 5.76 Å². The number of rotatable bonds is 2. The first kappa shape index (κ1) is 15.4. The van der Waals surface area contributed by atoms with Crippen molar-refractivity contribution in [2.24, 2.45) is 0 Å². The van der Waals surface area contributed by atoms with Crippen molar-refractivity contribution in [1.82, 2.24) is 9.88 Å². The summed E-state index contributed by atoms with van der Waals surface area (Å²) in [5.41, 5.74) is 1.17. The molecule has 0 bridgehead atoms. The molecule has 2 atom stereocenters. The van der Waals surface area contributed by atoms with Crippen molar-refractivity contribution in [2.75, 3.05) is 18.1 Å². The predicted molar refractivity (Wildman–Crippen MR) is 84.0 cm³/mol. The predicted octanol–water partition coefficient (Wildman–Crippen LogP) is 0.480. The van der Waals surface area contributed by atoms with Crippen LogP contribution in [-0.2, 0) is 9.84 Å². The van der Waals surface area contributed by atoms with Crippen LogP contribution in [0.5, 0.6) is 0 Å². The Morgan fingerprint density at radius 1 is 1.36 bits per heavy atom. The van der Waals surface area contributed by atoms with Gasteiger partial charge in [0, 0.05) is 4.88 Å². The highest BCUT2D eigenvalue weighted by Gasteiger charge is 2.44. The van der Waals surface area contributed by atoms with Gasteiger partial charge in [0.2, 0.25) is 0 Å². The maximum atomic E-state index is 11.7. The van der Waals surface area contributed by atoms with E-state index in [2.05, 4.69) is 4.98 Å². The van der Waals surface area contributed by atoms with Gasteiger partial charge in [0.25, 0.3) is 0 Å². The third-order valence-corrected chi connectivity index (χ3v) is 6.86. The molecule has 0 radical (unpaired) electrons. The molecule has 1 saturated heterocycles. The molecule has 3 N–H and O–H groups in total. The fourth-order valence-electron chi connectivity index (χ4n) is 2.80. The number of sulfone groups is 1. The van der Waals surface area contributed by atoms with E-state index < -0.39 is 22.0 Å². The molecule has 0 aromatic carbocycles. The molecule has 9 heteroatoms. The normalized spacial score (nSPS) is 28.0. The lowest BCUT2D eigenvalue weighted by atomic mass is 10.2. The van der Waals surface area contributed by atoms with Crippen LogP contribution in [0.4, 0.5) is 0 Å². The van der Waals surface area contributed by atoms with E-state index in [1.807, 2.05) is 13.8 Å². The number of amidine groups is 1.